The molecule has 3 rings (SSSR count). The minimum Gasteiger partial charge on any atom is -0.489 e. The molecule has 0 saturated carbocycles. The highest BCUT2D eigenvalue weighted by atomic mass is 32.2. The molecule has 2 aromatic rings. The van der Waals surface area contributed by atoms with E-state index in [0.717, 1.165) is 19.3 Å². The van der Waals surface area contributed by atoms with Crippen molar-refractivity contribution in [3.05, 3.63) is 59.7 Å². The summed E-state index contributed by atoms with van der Waals surface area (Å²) in [6.45, 7) is 3.98. The van der Waals surface area contributed by atoms with Gasteiger partial charge in [0.05, 0.1) is 16.0 Å². The Bertz CT molecular complexity index is 1030. The Labute approximate surface area is 183 Å². The number of esters is 1. The van der Waals surface area contributed by atoms with Crippen LogP contribution in [0.3, 0.4) is 0 Å². The highest BCUT2D eigenvalue weighted by molar-refractivity contribution is 7.89. The summed E-state index contributed by atoms with van der Waals surface area (Å²) in [5, 5.41) is 0. The number of ether oxygens (including phenoxy) is 2. The van der Waals surface area contributed by atoms with E-state index >= 15 is 0 Å². The number of sulfonamides is 1. The Morgan fingerprint density at radius 1 is 1.03 bits per heavy atom. The molecule has 0 radical (unpaired) electrons. The first-order valence-electron chi connectivity index (χ1n) is 10.3. The first-order valence-corrected chi connectivity index (χ1v) is 11.8. The molecule has 8 heteroatoms. The van der Waals surface area contributed by atoms with E-state index < -0.39 is 16.0 Å². The molecular formula is C23H27NO6S. The number of carbonyl (C=O) groups is 2. The van der Waals surface area contributed by atoms with E-state index in [1.54, 1.807) is 24.3 Å². The Balaban J connectivity index is 1.55. The lowest BCUT2D eigenvalue weighted by Crippen LogP contribution is -2.41. The molecule has 1 aliphatic rings. The predicted octanol–water partition coefficient (Wildman–Crippen LogP) is 3.69. The maximum atomic E-state index is 12.9. The highest BCUT2D eigenvalue weighted by Crippen LogP contribution is 2.25. The van der Waals surface area contributed by atoms with Crippen molar-refractivity contribution in [2.45, 2.75) is 44.0 Å². The number of benzene rings is 2. The van der Waals surface area contributed by atoms with Crippen LogP contribution in [-0.2, 0) is 14.8 Å². The van der Waals surface area contributed by atoms with Gasteiger partial charge >= 0.3 is 5.97 Å². The average Bonchev–Trinajstić information content (AvgIpc) is 2.77. The monoisotopic (exact) mass is 445 g/mol. The molecule has 166 valence electrons. The molecule has 0 amide bonds. The van der Waals surface area contributed by atoms with Crippen LogP contribution < -0.4 is 4.74 Å². The molecule has 0 N–H and O–H groups in total. The number of hydrogen-bond donors (Lipinski definition) is 0. The zero-order valence-corrected chi connectivity index (χ0v) is 18.6. The second kappa shape index (κ2) is 10.1. The fourth-order valence-corrected chi connectivity index (χ4v) is 5.28. The molecule has 7 nitrogen and oxygen atoms in total. The van der Waals surface area contributed by atoms with Crippen LogP contribution in [0, 0.1) is 0 Å². The van der Waals surface area contributed by atoms with Gasteiger partial charge in [-0.25, -0.2) is 13.2 Å². The standard InChI is InChI=1S/C23H27NO6S/c1-17-7-5-6-14-24(17)31(27,28)20-12-10-19(11-13-20)23(26)30-16-15-29-22-9-4-3-8-21(22)18(2)25/h3-4,8-13,17H,5-7,14-16H2,1-2H3. The van der Waals surface area contributed by atoms with Crippen LogP contribution in [0.4, 0.5) is 0 Å². The van der Waals surface area contributed by atoms with Crippen LogP contribution in [0.1, 0.15) is 53.8 Å². The summed E-state index contributed by atoms with van der Waals surface area (Å²) in [7, 11) is -3.58. The summed E-state index contributed by atoms with van der Waals surface area (Å²) in [5.41, 5.74) is 0.725. The van der Waals surface area contributed by atoms with Crippen LogP contribution in [0.15, 0.2) is 53.4 Å². The van der Waals surface area contributed by atoms with E-state index in [9.17, 15) is 18.0 Å². The molecule has 0 bridgehead atoms. The fourth-order valence-electron chi connectivity index (χ4n) is 3.58. The lowest BCUT2D eigenvalue weighted by atomic mass is 10.1. The Morgan fingerprint density at radius 2 is 1.74 bits per heavy atom. The molecule has 2 aromatic carbocycles. The molecule has 1 fully saturated rings. The van der Waals surface area contributed by atoms with E-state index in [2.05, 4.69) is 0 Å². The largest absolute Gasteiger partial charge is 0.489 e. The Morgan fingerprint density at radius 3 is 2.42 bits per heavy atom. The van der Waals surface area contributed by atoms with Crippen molar-refractivity contribution in [1.82, 2.24) is 4.31 Å². The van der Waals surface area contributed by atoms with Crippen molar-refractivity contribution in [2.75, 3.05) is 19.8 Å². The van der Waals surface area contributed by atoms with Gasteiger partial charge in [0.1, 0.15) is 19.0 Å². The topological polar surface area (TPSA) is 90.0 Å². The van der Waals surface area contributed by atoms with Gasteiger partial charge in [-0.05, 0) is 63.1 Å². The summed E-state index contributed by atoms with van der Waals surface area (Å²) in [6.07, 6.45) is 2.73. The molecule has 0 spiro atoms. The molecule has 31 heavy (non-hydrogen) atoms. The summed E-state index contributed by atoms with van der Waals surface area (Å²) in [5.74, 6) is -0.243. The molecular weight excluding hydrogens is 418 g/mol. The number of rotatable bonds is 8. The van der Waals surface area contributed by atoms with Crippen LogP contribution in [0.25, 0.3) is 0 Å². The van der Waals surface area contributed by atoms with Crippen molar-refractivity contribution >= 4 is 21.8 Å². The maximum Gasteiger partial charge on any atom is 0.338 e. The third-order valence-electron chi connectivity index (χ3n) is 5.28. The van der Waals surface area contributed by atoms with E-state index in [1.807, 2.05) is 6.92 Å². The van der Waals surface area contributed by atoms with Gasteiger partial charge in [0.2, 0.25) is 10.0 Å². The fraction of sp³-hybridized carbons (Fsp3) is 0.391. The first-order chi connectivity index (χ1) is 14.8. The number of carbonyl (C=O) groups excluding carboxylic acids is 2. The summed E-state index contributed by atoms with van der Waals surface area (Å²) in [4.78, 5) is 24.0. The third kappa shape index (κ3) is 5.51. The Kier molecular flexibility index (Phi) is 7.46. The van der Waals surface area contributed by atoms with Gasteiger partial charge in [0.25, 0.3) is 0 Å². The molecule has 1 heterocycles. The number of ketones is 1. The minimum absolute atomic E-state index is 0.00356. The molecule has 1 aliphatic heterocycles. The smallest absolute Gasteiger partial charge is 0.338 e. The van der Waals surface area contributed by atoms with E-state index in [0.29, 0.717) is 17.9 Å². The van der Waals surface area contributed by atoms with E-state index in [-0.39, 0.29) is 35.5 Å². The molecule has 1 atom stereocenters. The number of nitrogens with zero attached hydrogens (tertiary/aromatic N) is 1. The number of para-hydroxylation sites is 1. The number of hydrogen-bond acceptors (Lipinski definition) is 6. The van der Waals surface area contributed by atoms with Gasteiger partial charge < -0.3 is 9.47 Å². The summed E-state index contributed by atoms with van der Waals surface area (Å²) < 4.78 is 38.0. The lowest BCUT2D eigenvalue weighted by Gasteiger charge is -2.32. The van der Waals surface area contributed by atoms with Crippen molar-refractivity contribution in [3.63, 3.8) is 0 Å². The van der Waals surface area contributed by atoms with Gasteiger partial charge in [-0.3, -0.25) is 4.79 Å². The number of piperidine rings is 1. The van der Waals surface area contributed by atoms with Crippen LogP contribution >= 0.6 is 0 Å². The summed E-state index contributed by atoms with van der Waals surface area (Å²) in [6, 6.07) is 12.6. The average molecular weight is 446 g/mol. The quantitative estimate of drug-likeness (QED) is 0.350. The zero-order chi connectivity index (χ0) is 22.4. The van der Waals surface area contributed by atoms with Gasteiger partial charge in [0, 0.05) is 12.6 Å². The zero-order valence-electron chi connectivity index (χ0n) is 17.7. The second-order valence-corrected chi connectivity index (χ2v) is 9.41. The normalized spacial score (nSPS) is 17.2. The summed E-state index contributed by atoms with van der Waals surface area (Å²) >= 11 is 0. The van der Waals surface area contributed by atoms with Gasteiger partial charge in [-0.15, -0.1) is 0 Å². The molecule has 1 saturated heterocycles. The van der Waals surface area contributed by atoms with Crippen molar-refractivity contribution in [2.24, 2.45) is 0 Å². The van der Waals surface area contributed by atoms with Crippen LogP contribution in [0.2, 0.25) is 0 Å². The number of Topliss-reactive ketones (excluding diaryl/α,β-unsaturated/α-hetero) is 1. The van der Waals surface area contributed by atoms with Gasteiger partial charge in [-0.1, -0.05) is 18.6 Å². The van der Waals surface area contributed by atoms with Crippen molar-refractivity contribution < 1.29 is 27.5 Å². The highest BCUT2D eigenvalue weighted by Gasteiger charge is 2.30. The SMILES string of the molecule is CC(=O)c1ccccc1OCCOC(=O)c1ccc(S(=O)(=O)N2CCCCC2C)cc1. The second-order valence-electron chi connectivity index (χ2n) is 7.52. The Hall–Kier alpha value is -2.71. The predicted molar refractivity (Wildman–Crippen MR) is 116 cm³/mol. The van der Waals surface area contributed by atoms with Crippen LogP contribution in [-0.4, -0.2) is 50.3 Å². The van der Waals surface area contributed by atoms with E-state index in [4.69, 9.17) is 9.47 Å². The van der Waals surface area contributed by atoms with Gasteiger partial charge in [-0.2, -0.15) is 4.31 Å². The van der Waals surface area contributed by atoms with Crippen molar-refractivity contribution in [1.29, 1.82) is 0 Å². The van der Waals surface area contributed by atoms with E-state index in [1.165, 1.54) is 35.5 Å². The van der Waals surface area contributed by atoms with Crippen molar-refractivity contribution in [3.8, 4) is 5.75 Å². The minimum atomic E-state index is -3.58. The lowest BCUT2D eigenvalue weighted by molar-refractivity contribution is 0.0449. The molecule has 0 aromatic heterocycles. The van der Waals surface area contributed by atoms with Crippen LogP contribution in [0.5, 0.6) is 5.75 Å². The maximum absolute atomic E-state index is 12.9. The first kappa shape index (κ1) is 23.0. The van der Waals surface area contributed by atoms with Gasteiger partial charge in [0.15, 0.2) is 5.78 Å². The third-order valence-corrected chi connectivity index (χ3v) is 7.31. The molecule has 1 unspecified atom stereocenters. The molecule has 0 aliphatic carbocycles.